The molecule has 1 rings (SSSR count). The number of rotatable bonds is 8. The van der Waals surface area contributed by atoms with Crippen LogP contribution in [0.5, 0.6) is 0 Å². The summed E-state index contributed by atoms with van der Waals surface area (Å²) in [5, 5.41) is 3.44. The van der Waals surface area contributed by atoms with E-state index >= 15 is 0 Å². The van der Waals surface area contributed by atoms with Gasteiger partial charge >= 0.3 is 0 Å². The Kier molecular flexibility index (Phi) is 7.31. The van der Waals surface area contributed by atoms with E-state index in [0.29, 0.717) is 6.61 Å². The summed E-state index contributed by atoms with van der Waals surface area (Å²) in [5.41, 5.74) is 0.884. The Labute approximate surface area is 119 Å². The Morgan fingerprint density at radius 2 is 2.11 bits per heavy atom. The van der Waals surface area contributed by atoms with Crippen LogP contribution in [-0.2, 0) is 4.74 Å². The second kappa shape index (κ2) is 8.48. The number of hydrogen-bond donors (Lipinski definition) is 1. The van der Waals surface area contributed by atoms with E-state index in [2.05, 4.69) is 10.2 Å². The Balaban J connectivity index is 2.23. The number of hydrogen-bond acceptors (Lipinski definition) is 3. The van der Waals surface area contributed by atoms with Gasteiger partial charge in [-0.2, -0.15) is 0 Å². The third-order valence-electron chi connectivity index (χ3n) is 2.82. The molecule has 1 atom stereocenters. The second-order valence-electron chi connectivity index (χ2n) is 4.77. The number of nitrogens with one attached hydrogen (secondary N) is 1. The van der Waals surface area contributed by atoms with Crippen LogP contribution in [-0.4, -0.2) is 45.3 Å². The molecule has 108 valence electrons. The normalized spacial score (nSPS) is 12.9. The van der Waals surface area contributed by atoms with E-state index < -0.39 is 0 Å². The van der Waals surface area contributed by atoms with Crippen molar-refractivity contribution in [2.75, 3.05) is 40.4 Å². The summed E-state index contributed by atoms with van der Waals surface area (Å²) in [7, 11) is 4.03. The molecular formula is C14H22ClFN2O. The molecule has 0 spiro atoms. The van der Waals surface area contributed by atoms with Crippen molar-refractivity contribution in [1.82, 2.24) is 10.2 Å². The minimum absolute atomic E-state index is 0.0733. The maximum Gasteiger partial charge on any atom is 0.142 e. The Morgan fingerprint density at radius 3 is 2.74 bits per heavy atom. The molecule has 1 unspecified atom stereocenters. The highest BCUT2D eigenvalue weighted by Crippen LogP contribution is 2.19. The van der Waals surface area contributed by atoms with Crippen LogP contribution in [0.1, 0.15) is 18.5 Å². The lowest BCUT2D eigenvalue weighted by Crippen LogP contribution is -2.25. The molecule has 0 bridgehead atoms. The predicted molar refractivity (Wildman–Crippen MR) is 77.2 cm³/mol. The highest BCUT2D eigenvalue weighted by Gasteiger charge is 2.07. The molecule has 0 heterocycles. The summed E-state index contributed by atoms with van der Waals surface area (Å²) >= 11 is 5.65. The summed E-state index contributed by atoms with van der Waals surface area (Å²) in [6, 6.07) is 4.95. The summed E-state index contributed by atoms with van der Waals surface area (Å²) in [4.78, 5) is 2.08. The van der Waals surface area contributed by atoms with Crippen LogP contribution in [0.3, 0.4) is 0 Å². The van der Waals surface area contributed by atoms with Gasteiger partial charge in [0.1, 0.15) is 5.82 Å². The monoisotopic (exact) mass is 288 g/mol. The summed E-state index contributed by atoms with van der Waals surface area (Å²) in [6.45, 7) is 5.01. The molecule has 0 saturated heterocycles. The van der Waals surface area contributed by atoms with Crippen molar-refractivity contribution in [3.05, 3.63) is 34.6 Å². The first kappa shape index (κ1) is 16.4. The van der Waals surface area contributed by atoms with Crippen LogP contribution in [0.15, 0.2) is 18.2 Å². The lowest BCUT2D eigenvalue weighted by atomic mass is 10.1. The Hall–Kier alpha value is -0.680. The molecule has 0 aliphatic carbocycles. The van der Waals surface area contributed by atoms with E-state index in [-0.39, 0.29) is 16.9 Å². The fraction of sp³-hybridized carbons (Fsp3) is 0.571. The lowest BCUT2D eigenvalue weighted by molar-refractivity contribution is 0.118. The van der Waals surface area contributed by atoms with Crippen molar-refractivity contribution in [3.8, 4) is 0 Å². The minimum Gasteiger partial charge on any atom is -0.379 e. The Morgan fingerprint density at radius 1 is 1.37 bits per heavy atom. The molecule has 3 nitrogen and oxygen atoms in total. The number of benzene rings is 1. The summed E-state index contributed by atoms with van der Waals surface area (Å²) in [5.74, 6) is -0.380. The third-order valence-corrected chi connectivity index (χ3v) is 3.13. The van der Waals surface area contributed by atoms with E-state index in [1.165, 1.54) is 6.07 Å². The fourth-order valence-electron chi connectivity index (χ4n) is 1.60. The first-order valence-electron chi connectivity index (χ1n) is 6.41. The van der Waals surface area contributed by atoms with E-state index in [1.807, 2.05) is 27.1 Å². The molecule has 5 heteroatoms. The quantitative estimate of drug-likeness (QED) is 0.745. The number of halogens is 2. The number of ether oxygens (including phenoxy) is 1. The van der Waals surface area contributed by atoms with Gasteiger partial charge in [0.25, 0.3) is 0 Å². The van der Waals surface area contributed by atoms with E-state index in [4.69, 9.17) is 16.3 Å². The van der Waals surface area contributed by atoms with Crippen molar-refractivity contribution in [1.29, 1.82) is 0 Å². The van der Waals surface area contributed by atoms with Gasteiger partial charge in [-0.1, -0.05) is 17.7 Å². The van der Waals surface area contributed by atoms with Gasteiger partial charge in [-0.05, 0) is 38.7 Å². The van der Waals surface area contributed by atoms with Crippen LogP contribution in [0.25, 0.3) is 0 Å². The van der Waals surface area contributed by atoms with Crippen LogP contribution < -0.4 is 5.32 Å². The largest absolute Gasteiger partial charge is 0.379 e. The van der Waals surface area contributed by atoms with Gasteiger partial charge in [0.2, 0.25) is 0 Å². The molecule has 0 aromatic heterocycles. The van der Waals surface area contributed by atoms with Crippen molar-refractivity contribution in [2.24, 2.45) is 0 Å². The van der Waals surface area contributed by atoms with Crippen LogP contribution in [0, 0.1) is 5.82 Å². The van der Waals surface area contributed by atoms with Crippen LogP contribution in [0.4, 0.5) is 4.39 Å². The topological polar surface area (TPSA) is 24.5 Å². The zero-order valence-corrected chi connectivity index (χ0v) is 12.5. The van der Waals surface area contributed by atoms with Gasteiger partial charge in [0.15, 0.2) is 0 Å². The van der Waals surface area contributed by atoms with Gasteiger partial charge in [-0.15, -0.1) is 0 Å². The number of nitrogens with zero attached hydrogens (tertiary/aromatic N) is 1. The third kappa shape index (κ3) is 6.34. The maximum absolute atomic E-state index is 13.3. The van der Waals surface area contributed by atoms with Crippen molar-refractivity contribution < 1.29 is 9.13 Å². The van der Waals surface area contributed by atoms with Crippen molar-refractivity contribution >= 4 is 11.6 Å². The molecule has 0 aliphatic rings. The van der Waals surface area contributed by atoms with Crippen LogP contribution >= 0.6 is 11.6 Å². The highest BCUT2D eigenvalue weighted by atomic mass is 35.5. The molecule has 0 amide bonds. The zero-order valence-electron chi connectivity index (χ0n) is 11.7. The second-order valence-corrected chi connectivity index (χ2v) is 5.17. The van der Waals surface area contributed by atoms with E-state index in [0.717, 1.165) is 25.3 Å². The van der Waals surface area contributed by atoms with Gasteiger partial charge in [-0.25, -0.2) is 4.39 Å². The average Bonchev–Trinajstić information content (AvgIpc) is 2.36. The van der Waals surface area contributed by atoms with E-state index in [1.54, 1.807) is 6.07 Å². The van der Waals surface area contributed by atoms with Gasteiger partial charge < -0.3 is 15.0 Å². The van der Waals surface area contributed by atoms with E-state index in [9.17, 15) is 4.39 Å². The molecule has 1 aromatic carbocycles. The average molecular weight is 289 g/mol. The summed E-state index contributed by atoms with van der Waals surface area (Å²) < 4.78 is 18.8. The van der Waals surface area contributed by atoms with Gasteiger partial charge in [0, 0.05) is 19.1 Å². The first-order chi connectivity index (χ1) is 9.00. The lowest BCUT2D eigenvalue weighted by Gasteiger charge is -2.15. The number of likely N-dealkylation sites (N-methyl/N-ethyl adjacent to an activating group) is 1. The van der Waals surface area contributed by atoms with Crippen LogP contribution in [0.2, 0.25) is 5.02 Å². The Bertz CT molecular complexity index is 388. The smallest absolute Gasteiger partial charge is 0.142 e. The molecule has 1 aromatic rings. The summed E-state index contributed by atoms with van der Waals surface area (Å²) in [6.07, 6.45) is 0. The van der Waals surface area contributed by atoms with Crippen molar-refractivity contribution in [3.63, 3.8) is 0 Å². The van der Waals surface area contributed by atoms with Gasteiger partial charge in [0.05, 0.1) is 18.2 Å². The highest BCUT2D eigenvalue weighted by molar-refractivity contribution is 6.30. The molecule has 0 saturated carbocycles. The zero-order chi connectivity index (χ0) is 14.3. The molecule has 19 heavy (non-hydrogen) atoms. The predicted octanol–water partition coefficient (Wildman–Crippen LogP) is 2.71. The van der Waals surface area contributed by atoms with Gasteiger partial charge in [-0.3, -0.25) is 0 Å². The standard InChI is InChI=1S/C14H22ClFN2O/c1-11(12-4-5-13(15)14(16)10-12)17-6-8-19-9-7-18(2)3/h4-5,10-11,17H,6-9H2,1-3H3. The molecule has 0 fully saturated rings. The first-order valence-corrected chi connectivity index (χ1v) is 6.79. The molecule has 0 radical (unpaired) electrons. The molecule has 1 N–H and O–H groups in total. The fourth-order valence-corrected chi connectivity index (χ4v) is 1.71. The molecule has 0 aliphatic heterocycles. The maximum atomic E-state index is 13.3. The van der Waals surface area contributed by atoms with Crippen molar-refractivity contribution in [2.45, 2.75) is 13.0 Å². The minimum atomic E-state index is -0.380. The SMILES string of the molecule is CC(NCCOCCN(C)C)c1ccc(Cl)c(F)c1. The molecular weight excluding hydrogens is 267 g/mol.